The molecule has 4 heteroatoms. The first-order chi connectivity index (χ1) is 13.3. The molecular weight excluding hydrogens is 334 g/mol. The van der Waals surface area contributed by atoms with Crippen LogP contribution in [0.15, 0.2) is 67.0 Å². The molecule has 0 radical (unpaired) electrons. The highest BCUT2D eigenvalue weighted by atomic mass is 16.5. The van der Waals surface area contributed by atoms with E-state index in [9.17, 15) is 0 Å². The van der Waals surface area contributed by atoms with Crippen LogP contribution in [0.1, 0.15) is 30.0 Å². The van der Waals surface area contributed by atoms with Crippen LogP contribution in [0.3, 0.4) is 0 Å². The molecule has 1 aliphatic heterocycles. The van der Waals surface area contributed by atoms with Crippen molar-refractivity contribution in [3.8, 4) is 17.0 Å². The summed E-state index contributed by atoms with van der Waals surface area (Å²) in [6.45, 7) is 3.13. The highest BCUT2D eigenvalue weighted by Crippen LogP contribution is 2.31. The summed E-state index contributed by atoms with van der Waals surface area (Å²) in [7, 11) is 1.71. The zero-order chi connectivity index (χ0) is 18.5. The van der Waals surface area contributed by atoms with Gasteiger partial charge in [0.2, 0.25) is 0 Å². The topological polar surface area (TPSA) is 38.2 Å². The number of ether oxygens (including phenoxy) is 1. The molecule has 3 heterocycles. The van der Waals surface area contributed by atoms with E-state index in [-0.39, 0.29) is 0 Å². The second-order valence-corrected chi connectivity index (χ2v) is 7.08. The van der Waals surface area contributed by atoms with Gasteiger partial charge < -0.3 is 4.74 Å². The van der Waals surface area contributed by atoms with Crippen LogP contribution in [0, 0.1) is 0 Å². The van der Waals surface area contributed by atoms with Gasteiger partial charge in [-0.1, -0.05) is 24.3 Å². The van der Waals surface area contributed by atoms with Gasteiger partial charge in [0.1, 0.15) is 5.75 Å². The molecule has 0 saturated carbocycles. The molecule has 1 fully saturated rings. The van der Waals surface area contributed by atoms with E-state index in [1.54, 1.807) is 7.11 Å². The second kappa shape index (κ2) is 8.31. The first-order valence-electron chi connectivity index (χ1n) is 9.55. The largest absolute Gasteiger partial charge is 0.496 e. The summed E-state index contributed by atoms with van der Waals surface area (Å²) in [5.74, 6) is 1.33. The van der Waals surface area contributed by atoms with Crippen LogP contribution in [0.2, 0.25) is 0 Å². The van der Waals surface area contributed by atoms with Gasteiger partial charge in [0, 0.05) is 42.7 Å². The predicted molar refractivity (Wildman–Crippen MR) is 108 cm³/mol. The molecule has 1 unspecified atom stereocenters. The number of benzene rings is 1. The Morgan fingerprint density at radius 2 is 2.00 bits per heavy atom. The minimum atomic E-state index is 0.463. The van der Waals surface area contributed by atoms with Gasteiger partial charge >= 0.3 is 0 Å². The van der Waals surface area contributed by atoms with Crippen LogP contribution < -0.4 is 4.74 Å². The molecule has 4 nitrogen and oxygen atoms in total. The third kappa shape index (κ3) is 4.17. The molecule has 1 aliphatic rings. The lowest BCUT2D eigenvalue weighted by Crippen LogP contribution is -2.34. The zero-order valence-electron chi connectivity index (χ0n) is 15.7. The van der Waals surface area contributed by atoms with E-state index in [2.05, 4.69) is 40.2 Å². The predicted octanol–water partition coefficient (Wildman–Crippen LogP) is 4.53. The van der Waals surface area contributed by atoms with E-state index in [0.717, 1.165) is 36.6 Å². The number of hydrogen-bond donors (Lipinski definition) is 0. The van der Waals surface area contributed by atoms with E-state index in [4.69, 9.17) is 9.72 Å². The van der Waals surface area contributed by atoms with Gasteiger partial charge in [-0.2, -0.15) is 0 Å². The minimum absolute atomic E-state index is 0.463. The number of methoxy groups -OCH3 is 1. The molecule has 0 N–H and O–H groups in total. The lowest BCUT2D eigenvalue weighted by atomic mass is 9.93. The van der Waals surface area contributed by atoms with Gasteiger partial charge in [-0.15, -0.1) is 0 Å². The fraction of sp³-hybridized carbons (Fsp3) is 0.304. The smallest absolute Gasteiger partial charge is 0.128 e. The normalized spacial score (nSPS) is 17.6. The van der Waals surface area contributed by atoms with Crippen molar-refractivity contribution in [2.24, 2.45) is 0 Å². The van der Waals surface area contributed by atoms with Gasteiger partial charge in [0.05, 0.1) is 12.8 Å². The summed E-state index contributed by atoms with van der Waals surface area (Å²) in [5.41, 5.74) is 4.47. The first kappa shape index (κ1) is 17.7. The second-order valence-electron chi connectivity index (χ2n) is 7.08. The Morgan fingerprint density at radius 1 is 1.07 bits per heavy atom. The SMILES string of the molecule is COc1ccccc1-c1cccc(C2CCCN(Cc3cccnc3)C2)n1. The standard InChI is InChI=1S/C23H25N3O/c1-27-23-12-3-2-9-20(23)22-11-4-10-21(25-22)19-8-6-14-26(17-19)16-18-7-5-13-24-15-18/h2-5,7,9-13,15,19H,6,8,14,16-17H2,1H3. The molecule has 138 valence electrons. The third-order valence-corrected chi connectivity index (χ3v) is 5.21. The van der Waals surface area contributed by atoms with E-state index in [0.29, 0.717) is 5.92 Å². The monoisotopic (exact) mass is 359 g/mol. The summed E-state index contributed by atoms with van der Waals surface area (Å²) in [5, 5.41) is 0. The zero-order valence-corrected chi connectivity index (χ0v) is 15.7. The molecule has 1 atom stereocenters. The van der Waals surface area contributed by atoms with Gasteiger partial charge in [-0.3, -0.25) is 14.9 Å². The Labute approximate surface area is 160 Å². The van der Waals surface area contributed by atoms with Crippen molar-refractivity contribution in [1.29, 1.82) is 0 Å². The molecule has 0 amide bonds. The van der Waals surface area contributed by atoms with Gasteiger partial charge in [-0.05, 0) is 55.3 Å². The summed E-state index contributed by atoms with van der Waals surface area (Å²) in [6.07, 6.45) is 6.18. The maximum Gasteiger partial charge on any atom is 0.128 e. The summed E-state index contributed by atoms with van der Waals surface area (Å²) in [6, 6.07) is 18.6. The Balaban J connectivity index is 1.53. The van der Waals surface area contributed by atoms with Crippen molar-refractivity contribution in [2.45, 2.75) is 25.3 Å². The fourth-order valence-electron chi connectivity index (χ4n) is 3.88. The van der Waals surface area contributed by atoms with Crippen LogP contribution in [0.5, 0.6) is 5.75 Å². The molecule has 2 aromatic heterocycles. The van der Waals surface area contributed by atoms with Crippen molar-refractivity contribution in [2.75, 3.05) is 20.2 Å². The highest BCUT2D eigenvalue weighted by Gasteiger charge is 2.23. The summed E-state index contributed by atoms with van der Waals surface area (Å²) in [4.78, 5) is 11.8. The Bertz CT molecular complexity index is 882. The number of para-hydroxylation sites is 1. The minimum Gasteiger partial charge on any atom is -0.496 e. The summed E-state index contributed by atoms with van der Waals surface area (Å²) >= 11 is 0. The van der Waals surface area contributed by atoms with E-state index < -0.39 is 0 Å². The molecule has 0 spiro atoms. The molecule has 0 aliphatic carbocycles. The van der Waals surface area contributed by atoms with Crippen molar-refractivity contribution in [1.82, 2.24) is 14.9 Å². The fourth-order valence-corrected chi connectivity index (χ4v) is 3.88. The van der Waals surface area contributed by atoms with Crippen LogP contribution in [-0.4, -0.2) is 35.1 Å². The summed E-state index contributed by atoms with van der Waals surface area (Å²) < 4.78 is 5.51. The number of pyridine rings is 2. The van der Waals surface area contributed by atoms with Crippen LogP contribution in [0.4, 0.5) is 0 Å². The van der Waals surface area contributed by atoms with Crippen LogP contribution in [0.25, 0.3) is 11.3 Å². The Hall–Kier alpha value is -2.72. The molecule has 4 rings (SSSR count). The van der Waals surface area contributed by atoms with Crippen molar-refractivity contribution < 1.29 is 4.74 Å². The quantitative estimate of drug-likeness (QED) is 0.671. The van der Waals surface area contributed by atoms with E-state index in [1.807, 2.05) is 36.7 Å². The number of rotatable bonds is 5. The Kier molecular flexibility index (Phi) is 5.45. The maximum absolute atomic E-state index is 5.51. The molecule has 0 bridgehead atoms. The molecule has 27 heavy (non-hydrogen) atoms. The van der Waals surface area contributed by atoms with Gasteiger partial charge in [-0.25, -0.2) is 0 Å². The van der Waals surface area contributed by atoms with Gasteiger partial charge in [0.25, 0.3) is 0 Å². The van der Waals surface area contributed by atoms with Crippen molar-refractivity contribution in [3.63, 3.8) is 0 Å². The van der Waals surface area contributed by atoms with Crippen LogP contribution in [-0.2, 0) is 6.54 Å². The number of hydrogen-bond acceptors (Lipinski definition) is 4. The average molecular weight is 359 g/mol. The van der Waals surface area contributed by atoms with Crippen molar-refractivity contribution >= 4 is 0 Å². The molecular formula is C23H25N3O. The lowest BCUT2D eigenvalue weighted by Gasteiger charge is -2.32. The van der Waals surface area contributed by atoms with E-state index in [1.165, 1.54) is 24.1 Å². The number of nitrogens with zero attached hydrogens (tertiary/aromatic N) is 3. The van der Waals surface area contributed by atoms with Crippen molar-refractivity contribution in [3.05, 3.63) is 78.2 Å². The lowest BCUT2D eigenvalue weighted by molar-refractivity contribution is 0.198. The average Bonchev–Trinajstić information content (AvgIpc) is 2.75. The highest BCUT2D eigenvalue weighted by molar-refractivity contribution is 5.67. The maximum atomic E-state index is 5.51. The molecule has 1 aromatic carbocycles. The van der Waals surface area contributed by atoms with E-state index >= 15 is 0 Å². The Morgan fingerprint density at radius 3 is 2.85 bits per heavy atom. The van der Waals surface area contributed by atoms with Crippen LogP contribution >= 0.6 is 0 Å². The number of piperidine rings is 1. The molecule has 3 aromatic rings. The molecule has 1 saturated heterocycles. The third-order valence-electron chi connectivity index (χ3n) is 5.21. The number of likely N-dealkylation sites (tertiary alicyclic amines) is 1. The van der Waals surface area contributed by atoms with Gasteiger partial charge in [0.15, 0.2) is 0 Å². The first-order valence-corrected chi connectivity index (χ1v) is 9.55. The number of aromatic nitrogens is 2.